The SMILES string of the molecule is CC1(C)CS(=O)(=O)CCN1Cc1cccc(-c2ccccn2)c1. The van der Waals surface area contributed by atoms with Crippen molar-refractivity contribution in [3.63, 3.8) is 0 Å². The molecule has 0 amide bonds. The minimum atomic E-state index is -2.92. The fourth-order valence-corrected chi connectivity index (χ4v) is 5.03. The predicted octanol–water partition coefficient (Wildman–Crippen LogP) is 2.76. The first kappa shape index (κ1) is 16.1. The number of hydrogen-bond acceptors (Lipinski definition) is 4. The standard InChI is InChI=1S/C18H22N2O2S/c1-18(2)14-23(21,22)11-10-20(18)13-15-6-5-7-16(12-15)17-8-3-4-9-19-17/h3-9,12H,10-11,13-14H2,1-2H3. The first-order chi connectivity index (χ1) is 10.9. The Morgan fingerprint density at radius 1 is 1.17 bits per heavy atom. The minimum absolute atomic E-state index is 0.222. The second-order valence-corrected chi connectivity index (χ2v) is 8.93. The summed E-state index contributed by atoms with van der Waals surface area (Å²) in [5, 5.41) is 0. The van der Waals surface area contributed by atoms with Crippen molar-refractivity contribution in [2.75, 3.05) is 18.1 Å². The van der Waals surface area contributed by atoms with E-state index in [4.69, 9.17) is 0 Å². The number of hydrogen-bond donors (Lipinski definition) is 0. The van der Waals surface area contributed by atoms with E-state index >= 15 is 0 Å². The van der Waals surface area contributed by atoms with Crippen molar-refractivity contribution in [1.29, 1.82) is 0 Å². The highest BCUT2D eigenvalue weighted by Gasteiger charge is 2.37. The molecule has 0 aliphatic carbocycles. The van der Waals surface area contributed by atoms with Crippen molar-refractivity contribution in [3.8, 4) is 11.3 Å². The summed E-state index contributed by atoms with van der Waals surface area (Å²) in [6, 6.07) is 14.2. The third-order valence-electron chi connectivity index (χ3n) is 4.36. The van der Waals surface area contributed by atoms with Crippen LogP contribution in [0.2, 0.25) is 0 Å². The number of benzene rings is 1. The molecule has 0 radical (unpaired) electrons. The second kappa shape index (κ2) is 6.06. The third kappa shape index (κ3) is 3.79. The van der Waals surface area contributed by atoms with Crippen LogP contribution in [0.5, 0.6) is 0 Å². The number of nitrogens with zero attached hydrogens (tertiary/aromatic N) is 2. The molecule has 2 aromatic rings. The average molecular weight is 330 g/mol. The van der Waals surface area contributed by atoms with Crippen LogP contribution in [0.1, 0.15) is 19.4 Å². The van der Waals surface area contributed by atoms with Gasteiger partial charge in [-0.2, -0.15) is 0 Å². The molecule has 0 N–H and O–H groups in total. The van der Waals surface area contributed by atoms with Gasteiger partial charge in [-0.15, -0.1) is 0 Å². The van der Waals surface area contributed by atoms with Crippen LogP contribution < -0.4 is 0 Å². The fourth-order valence-electron chi connectivity index (χ4n) is 3.13. The lowest BCUT2D eigenvalue weighted by Gasteiger charge is -2.42. The highest BCUT2D eigenvalue weighted by atomic mass is 32.2. The molecule has 1 aliphatic heterocycles. The molecule has 3 rings (SSSR count). The van der Waals surface area contributed by atoms with Gasteiger partial charge in [0.1, 0.15) is 0 Å². The van der Waals surface area contributed by atoms with Gasteiger partial charge in [0.25, 0.3) is 0 Å². The van der Waals surface area contributed by atoms with Gasteiger partial charge >= 0.3 is 0 Å². The second-order valence-electron chi connectivity index (χ2n) is 6.74. The maximum Gasteiger partial charge on any atom is 0.153 e. The van der Waals surface area contributed by atoms with Gasteiger partial charge in [0.15, 0.2) is 9.84 Å². The van der Waals surface area contributed by atoms with Gasteiger partial charge in [-0.3, -0.25) is 9.88 Å². The minimum Gasteiger partial charge on any atom is -0.292 e. The first-order valence-corrected chi connectivity index (χ1v) is 9.64. The molecule has 122 valence electrons. The molecule has 0 unspecified atom stereocenters. The van der Waals surface area contributed by atoms with E-state index in [1.54, 1.807) is 6.20 Å². The lowest BCUT2D eigenvalue weighted by Crippen LogP contribution is -2.54. The van der Waals surface area contributed by atoms with E-state index in [9.17, 15) is 8.42 Å². The van der Waals surface area contributed by atoms with Gasteiger partial charge in [0.05, 0.1) is 17.2 Å². The molecule has 23 heavy (non-hydrogen) atoms. The Hall–Kier alpha value is -1.72. The van der Waals surface area contributed by atoms with Crippen LogP contribution in [0.25, 0.3) is 11.3 Å². The summed E-state index contributed by atoms with van der Waals surface area (Å²) in [4.78, 5) is 6.65. The van der Waals surface area contributed by atoms with Crippen molar-refractivity contribution in [2.45, 2.75) is 25.9 Å². The zero-order valence-electron chi connectivity index (χ0n) is 13.6. The van der Waals surface area contributed by atoms with Crippen LogP contribution in [0, 0.1) is 0 Å². The Morgan fingerprint density at radius 3 is 2.70 bits per heavy atom. The van der Waals surface area contributed by atoms with Gasteiger partial charge in [-0.1, -0.05) is 24.3 Å². The van der Waals surface area contributed by atoms with Crippen molar-refractivity contribution in [2.24, 2.45) is 0 Å². The van der Waals surface area contributed by atoms with Crippen LogP contribution in [-0.4, -0.2) is 41.9 Å². The molecule has 1 saturated heterocycles. The summed E-state index contributed by atoms with van der Waals surface area (Å²) in [7, 11) is -2.92. The average Bonchev–Trinajstić information content (AvgIpc) is 2.50. The largest absolute Gasteiger partial charge is 0.292 e. The molecule has 1 fully saturated rings. The molecule has 5 heteroatoms. The Bertz CT molecular complexity index is 786. The Morgan fingerprint density at radius 2 is 2.00 bits per heavy atom. The van der Waals surface area contributed by atoms with Gasteiger partial charge in [0.2, 0.25) is 0 Å². The van der Waals surface area contributed by atoms with Crippen molar-refractivity contribution < 1.29 is 8.42 Å². The van der Waals surface area contributed by atoms with Crippen LogP contribution >= 0.6 is 0 Å². The molecule has 0 saturated carbocycles. The van der Waals surface area contributed by atoms with Crippen LogP contribution in [0.15, 0.2) is 48.7 Å². The highest BCUT2D eigenvalue weighted by Crippen LogP contribution is 2.26. The Kier molecular flexibility index (Phi) is 4.25. The topological polar surface area (TPSA) is 50.3 Å². The molecule has 0 atom stereocenters. The summed E-state index contributed by atoms with van der Waals surface area (Å²) in [6.07, 6.45) is 1.79. The highest BCUT2D eigenvalue weighted by molar-refractivity contribution is 7.91. The van der Waals surface area contributed by atoms with Crippen LogP contribution in [0.4, 0.5) is 0 Å². The van der Waals surface area contributed by atoms with E-state index < -0.39 is 9.84 Å². The maximum atomic E-state index is 11.9. The molecule has 1 aromatic heterocycles. The van der Waals surface area contributed by atoms with Crippen LogP contribution in [-0.2, 0) is 16.4 Å². The Balaban J connectivity index is 1.81. The zero-order valence-corrected chi connectivity index (χ0v) is 14.4. The fraction of sp³-hybridized carbons (Fsp3) is 0.389. The van der Waals surface area contributed by atoms with Gasteiger partial charge in [-0.05, 0) is 37.6 Å². The summed E-state index contributed by atoms with van der Waals surface area (Å²) in [6.45, 7) is 5.35. The third-order valence-corrected chi connectivity index (χ3v) is 6.31. The summed E-state index contributed by atoms with van der Waals surface area (Å²) in [5.41, 5.74) is 2.89. The molecule has 1 aromatic carbocycles. The van der Waals surface area contributed by atoms with E-state index in [1.165, 1.54) is 5.56 Å². The molecule has 0 bridgehead atoms. The monoisotopic (exact) mass is 330 g/mol. The number of rotatable bonds is 3. The molecule has 4 nitrogen and oxygen atoms in total. The van der Waals surface area contributed by atoms with E-state index in [-0.39, 0.29) is 17.0 Å². The van der Waals surface area contributed by atoms with Crippen molar-refractivity contribution in [3.05, 3.63) is 54.2 Å². The lowest BCUT2D eigenvalue weighted by atomic mass is 10.0. The van der Waals surface area contributed by atoms with E-state index in [0.717, 1.165) is 17.8 Å². The first-order valence-electron chi connectivity index (χ1n) is 7.82. The van der Waals surface area contributed by atoms with E-state index in [1.807, 2.05) is 38.1 Å². The van der Waals surface area contributed by atoms with Crippen molar-refractivity contribution >= 4 is 9.84 Å². The van der Waals surface area contributed by atoms with Crippen molar-refractivity contribution in [1.82, 2.24) is 9.88 Å². The number of aromatic nitrogens is 1. The molecule has 1 aliphatic rings. The number of pyridine rings is 1. The quantitative estimate of drug-likeness (QED) is 0.868. The molecule has 2 heterocycles. The van der Waals surface area contributed by atoms with E-state index in [0.29, 0.717) is 6.54 Å². The van der Waals surface area contributed by atoms with Crippen LogP contribution in [0.3, 0.4) is 0 Å². The predicted molar refractivity (Wildman–Crippen MR) is 92.8 cm³/mol. The van der Waals surface area contributed by atoms with Gasteiger partial charge in [0, 0.05) is 30.4 Å². The maximum absolute atomic E-state index is 11.9. The Labute approximate surface area is 138 Å². The van der Waals surface area contributed by atoms with Gasteiger partial charge in [-0.25, -0.2) is 8.42 Å². The van der Waals surface area contributed by atoms with Gasteiger partial charge < -0.3 is 0 Å². The molecule has 0 spiro atoms. The summed E-state index contributed by atoms with van der Waals surface area (Å²) < 4.78 is 23.7. The summed E-state index contributed by atoms with van der Waals surface area (Å²) >= 11 is 0. The molecular formula is C18H22N2O2S. The number of sulfone groups is 1. The normalized spacial score (nSPS) is 20.3. The smallest absolute Gasteiger partial charge is 0.153 e. The zero-order chi connectivity index (χ0) is 16.5. The molecular weight excluding hydrogens is 308 g/mol. The van der Waals surface area contributed by atoms with E-state index in [2.05, 4.69) is 28.1 Å². The lowest BCUT2D eigenvalue weighted by molar-refractivity contribution is 0.131. The summed E-state index contributed by atoms with van der Waals surface area (Å²) in [5.74, 6) is 0.469.